The molecule has 0 aliphatic heterocycles. The number of carbonyl (C=O) groups excluding carboxylic acids is 1. The summed E-state index contributed by atoms with van der Waals surface area (Å²) in [6.07, 6.45) is 1.04. The van der Waals surface area contributed by atoms with Crippen molar-refractivity contribution < 1.29 is 9.90 Å². The number of nitriles is 1. The van der Waals surface area contributed by atoms with Crippen LogP contribution in [0.3, 0.4) is 0 Å². The summed E-state index contributed by atoms with van der Waals surface area (Å²) in [5.41, 5.74) is 0.259. The van der Waals surface area contributed by atoms with Crippen LogP contribution in [0.15, 0.2) is 41.7 Å². The van der Waals surface area contributed by atoms with Gasteiger partial charge in [-0.2, -0.15) is 5.26 Å². The molecule has 3 heteroatoms. The minimum absolute atomic E-state index is 0.126. The fourth-order valence-corrected chi connectivity index (χ4v) is 1.34. The van der Waals surface area contributed by atoms with Gasteiger partial charge in [-0.3, -0.25) is 4.79 Å². The maximum Gasteiger partial charge on any atom is 0.206 e. The largest absolute Gasteiger partial charge is 0.511 e. The number of nitrogens with zero attached hydrogens (tertiary/aromatic N) is 1. The summed E-state index contributed by atoms with van der Waals surface area (Å²) in [7, 11) is 0. The Kier molecular flexibility index (Phi) is 4.28. The maximum atomic E-state index is 11.9. The standard InChI is InChI=1S/C13H13NO2/c1-2-6-12(15)11(9-14)13(16)10-7-4-3-5-8-10/h3-5,7-8,15H,2,6H2,1H3. The number of rotatable bonds is 4. The van der Waals surface area contributed by atoms with Gasteiger partial charge in [-0.25, -0.2) is 0 Å². The molecule has 16 heavy (non-hydrogen) atoms. The molecule has 82 valence electrons. The lowest BCUT2D eigenvalue weighted by atomic mass is 10.0. The first-order valence-corrected chi connectivity index (χ1v) is 5.12. The van der Waals surface area contributed by atoms with Crippen molar-refractivity contribution in [2.75, 3.05) is 0 Å². The van der Waals surface area contributed by atoms with Gasteiger partial charge in [-0.15, -0.1) is 0 Å². The van der Waals surface area contributed by atoms with Crippen LogP contribution in [0.5, 0.6) is 0 Å². The van der Waals surface area contributed by atoms with Crippen LogP contribution in [-0.2, 0) is 0 Å². The number of Topliss-reactive ketones (excluding diaryl/α,β-unsaturated/α-hetero) is 1. The van der Waals surface area contributed by atoms with E-state index in [-0.39, 0.29) is 11.3 Å². The normalized spacial score (nSPS) is 11.5. The Bertz CT molecular complexity index is 441. The van der Waals surface area contributed by atoms with Gasteiger partial charge >= 0.3 is 0 Å². The smallest absolute Gasteiger partial charge is 0.206 e. The molecule has 1 rings (SSSR count). The number of ketones is 1. The molecule has 3 nitrogen and oxygen atoms in total. The van der Waals surface area contributed by atoms with Crippen LogP contribution in [-0.4, -0.2) is 10.9 Å². The molecule has 0 bridgehead atoms. The van der Waals surface area contributed by atoms with E-state index in [9.17, 15) is 9.90 Å². The Labute approximate surface area is 94.6 Å². The molecule has 0 radical (unpaired) electrons. The molecule has 0 atom stereocenters. The first-order chi connectivity index (χ1) is 7.70. The van der Waals surface area contributed by atoms with Crippen molar-refractivity contribution in [3.63, 3.8) is 0 Å². The number of hydrogen-bond acceptors (Lipinski definition) is 3. The van der Waals surface area contributed by atoms with Crippen molar-refractivity contribution in [2.24, 2.45) is 0 Å². The number of aliphatic hydroxyl groups is 1. The summed E-state index contributed by atoms with van der Waals surface area (Å²) in [5, 5.41) is 18.4. The fraction of sp³-hybridized carbons (Fsp3) is 0.231. The Hall–Kier alpha value is -2.08. The highest BCUT2D eigenvalue weighted by Gasteiger charge is 2.15. The summed E-state index contributed by atoms with van der Waals surface area (Å²) >= 11 is 0. The molecule has 0 aromatic heterocycles. The highest BCUT2D eigenvalue weighted by atomic mass is 16.3. The van der Waals surface area contributed by atoms with Crippen LogP contribution in [0, 0.1) is 11.3 Å². The van der Waals surface area contributed by atoms with Crippen molar-refractivity contribution in [3.05, 3.63) is 47.2 Å². The predicted molar refractivity (Wildman–Crippen MR) is 60.9 cm³/mol. The van der Waals surface area contributed by atoms with E-state index in [0.717, 1.165) is 0 Å². The van der Waals surface area contributed by atoms with Crippen molar-refractivity contribution in [1.29, 1.82) is 5.26 Å². The van der Waals surface area contributed by atoms with Gasteiger partial charge in [-0.1, -0.05) is 37.3 Å². The lowest BCUT2D eigenvalue weighted by Crippen LogP contribution is -2.05. The minimum atomic E-state index is -0.422. The van der Waals surface area contributed by atoms with Crippen molar-refractivity contribution in [2.45, 2.75) is 19.8 Å². The molecular formula is C13H13NO2. The van der Waals surface area contributed by atoms with Gasteiger partial charge in [-0.05, 0) is 6.42 Å². The van der Waals surface area contributed by atoms with Crippen LogP contribution in [0.4, 0.5) is 0 Å². The minimum Gasteiger partial charge on any atom is -0.511 e. The molecule has 0 aliphatic carbocycles. The fourth-order valence-electron chi connectivity index (χ4n) is 1.34. The second-order valence-electron chi connectivity index (χ2n) is 3.38. The van der Waals surface area contributed by atoms with Crippen LogP contribution in [0.25, 0.3) is 0 Å². The van der Waals surface area contributed by atoms with E-state index >= 15 is 0 Å². The Morgan fingerprint density at radius 2 is 2.00 bits per heavy atom. The van der Waals surface area contributed by atoms with E-state index in [1.165, 1.54) is 0 Å². The molecule has 1 N–H and O–H groups in total. The van der Waals surface area contributed by atoms with Gasteiger partial charge in [0.25, 0.3) is 0 Å². The summed E-state index contributed by atoms with van der Waals surface area (Å²) < 4.78 is 0. The van der Waals surface area contributed by atoms with E-state index in [4.69, 9.17) is 5.26 Å². The molecule has 0 saturated carbocycles. The summed E-state index contributed by atoms with van der Waals surface area (Å²) in [5.74, 6) is -0.548. The number of benzene rings is 1. The molecular weight excluding hydrogens is 202 g/mol. The molecule has 0 amide bonds. The zero-order valence-corrected chi connectivity index (χ0v) is 9.10. The van der Waals surface area contributed by atoms with Crippen LogP contribution < -0.4 is 0 Å². The summed E-state index contributed by atoms with van der Waals surface area (Å²) in [6.45, 7) is 1.87. The van der Waals surface area contributed by atoms with Gasteiger partial charge < -0.3 is 5.11 Å². The third kappa shape index (κ3) is 2.71. The van der Waals surface area contributed by atoms with E-state index in [1.807, 2.05) is 6.92 Å². The zero-order chi connectivity index (χ0) is 12.0. The lowest BCUT2D eigenvalue weighted by Gasteiger charge is -2.02. The second kappa shape index (κ2) is 5.72. The number of carbonyl (C=O) groups is 1. The van der Waals surface area contributed by atoms with E-state index in [2.05, 4.69) is 0 Å². The predicted octanol–water partition coefficient (Wildman–Crippen LogP) is 3.01. The topological polar surface area (TPSA) is 61.1 Å². The second-order valence-corrected chi connectivity index (χ2v) is 3.38. The Morgan fingerprint density at radius 1 is 1.38 bits per heavy atom. The highest BCUT2D eigenvalue weighted by molar-refractivity contribution is 6.11. The number of hydrogen-bond donors (Lipinski definition) is 1. The van der Waals surface area contributed by atoms with E-state index in [0.29, 0.717) is 18.4 Å². The lowest BCUT2D eigenvalue weighted by molar-refractivity contribution is 0.103. The quantitative estimate of drug-likeness (QED) is 0.363. The molecule has 0 fully saturated rings. The Morgan fingerprint density at radius 3 is 2.50 bits per heavy atom. The van der Waals surface area contributed by atoms with Crippen LogP contribution in [0.2, 0.25) is 0 Å². The third-order valence-corrected chi connectivity index (χ3v) is 2.15. The van der Waals surface area contributed by atoms with E-state index in [1.54, 1.807) is 36.4 Å². The van der Waals surface area contributed by atoms with Crippen LogP contribution >= 0.6 is 0 Å². The molecule has 0 aliphatic rings. The van der Waals surface area contributed by atoms with Gasteiger partial charge in [0.15, 0.2) is 0 Å². The summed E-state index contributed by atoms with van der Waals surface area (Å²) in [6, 6.07) is 10.2. The van der Waals surface area contributed by atoms with E-state index < -0.39 is 5.78 Å². The average Bonchev–Trinajstić information content (AvgIpc) is 2.31. The maximum absolute atomic E-state index is 11.9. The zero-order valence-electron chi connectivity index (χ0n) is 9.10. The van der Waals surface area contributed by atoms with Gasteiger partial charge in [0.05, 0.1) is 0 Å². The van der Waals surface area contributed by atoms with Crippen molar-refractivity contribution >= 4 is 5.78 Å². The van der Waals surface area contributed by atoms with Crippen LogP contribution in [0.1, 0.15) is 30.1 Å². The first kappa shape index (κ1) is 12.0. The molecule has 0 saturated heterocycles. The average molecular weight is 215 g/mol. The third-order valence-electron chi connectivity index (χ3n) is 2.15. The number of allylic oxidation sites excluding steroid dienone is 2. The van der Waals surface area contributed by atoms with Crippen molar-refractivity contribution in [1.82, 2.24) is 0 Å². The van der Waals surface area contributed by atoms with Crippen molar-refractivity contribution in [3.8, 4) is 6.07 Å². The molecule has 1 aromatic rings. The molecule has 0 unspecified atom stereocenters. The molecule has 1 aromatic carbocycles. The molecule has 0 heterocycles. The first-order valence-electron chi connectivity index (χ1n) is 5.12. The Balaban J connectivity index is 3.05. The monoisotopic (exact) mass is 215 g/mol. The van der Waals surface area contributed by atoms with Gasteiger partial charge in [0, 0.05) is 12.0 Å². The highest BCUT2D eigenvalue weighted by Crippen LogP contribution is 2.13. The van der Waals surface area contributed by atoms with Gasteiger partial charge in [0.1, 0.15) is 17.4 Å². The molecule has 0 spiro atoms. The SMILES string of the molecule is CCCC(O)=C(C#N)C(=O)c1ccccc1. The van der Waals surface area contributed by atoms with Gasteiger partial charge in [0.2, 0.25) is 5.78 Å². The number of aliphatic hydroxyl groups excluding tert-OH is 1. The summed E-state index contributed by atoms with van der Waals surface area (Å²) in [4.78, 5) is 11.9.